The number of nitrogens with zero attached hydrogens (tertiary/aromatic N) is 2. The van der Waals surface area contributed by atoms with Gasteiger partial charge in [0.15, 0.2) is 0 Å². The third kappa shape index (κ3) is 5.01. The van der Waals surface area contributed by atoms with Crippen molar-refractivity contribution < 1.29 is 9.53 Å². The first kappa shape index (κ1) is 22.2. The molecule has 2 aromatic rings. The van der Waals surface area contributed by atoms with Gasteiger partial charge in [-0.25, -0.2) is 0 Å². The van der Waals surface area contributed by atoms with Crippen LogP contribution in [0.25, 0.3) is 0 Å². The van der Waals surface area contributed by atoms with E-state index in [0.717, 1.165) is 50.1 Å². The summed E-state index contributed by atoms with van der Waals surface area (Å²) in [5.41, 5.74) is 9.83. The van der Waals surface area contributed by atoms with Gasteiger partial charge in [0, 0.05) is 49.1 Å². The number of carbonyl (C=O) groups is 1. The molecule has 0 bridgehead atoms. The summed E-state index contributed by atoms with van der Waals surface area (Å²) in [5.74, 6) is 1.97. The first-order chi connectivity index (χ1) is 15.9. The smallest absolute Gasteiger partial charge is 0.251 e. The second-order valence-corrected chi connectivity index (χ2v) is 10.3. The monoisotopic (exact) mass is 449 g/mol. The highest BCUT2D eigenvalue weighted by Crippen LogP contribution is 2.51. The molecule has 0 atom stereocenters. The number of likely N-dealkylation sites (tertiary alicyclic amines) is 1. The van der Waals surface area contributed by atoms with Crippen LogP contribution in [0.1, 0.15) is 97.3 Å². The summed E-state index contributed by atoms with van der Waals surface area (Å²) in [6.45, 7) is 6.94. The van der Waals surface area contributed by atoms with Gasteiger partial charge in [-0.1, -0.05) is 6.07 Å². The minimum Gasteiger partial charge on any atom is -0.491 e. The molecule has 0 radical (unpaired) electrons. The topological polar surface area (TPSA) is 77.6 Å². The van der Waals surface area contributed by atoms with E-state index >= 15 is 0 Å². The molecule has 0 spiro atoms. The molecule has 1 amide bonds. The van der Waals surface area contributed by atoms with E-state index in [1.54, 1.807) is 22.4 Å². The fraction of sp³-hybridized carbons (Fsp3) is 0.556. The zero-order valence-corrected chi connectivity index (χ0v) is 19.8. The number of primary amides is 1. The number of hydrogen-bond donors (Lipinski definition) is 1. The molecule has 6 nitrogen and oxygen atoms in total. The lowest BCUT2D eigenvalue weighted by molar-refractivity contribution is 0.0999. The summed E-state index contributed by atoms with van der Waals surface area (Å²) in [5, 5.41) is 0. The predicted molar refractivity (Wildman–Crippen MR) is 129 cm³/mol. The van der Waals surface area contributed by atoms with Crippen molar-refractivity contribution in [1.82, 2.24) is 9.47 Å². The number of amides is 1. The lowest BCUT2D eigenvalue weighted by Crippen LogP contribution is -2.37. The van der Waals surface area contributed by atoms with E-state index in [2.05, 4.69) is 30.9 Å². The van der Waals surface area contributed by atoms with E-state index in [1.807, 2.05) is 0 Å². The van der Waals surface area contributed by atoms with Crippen LogP contribution < -0.4 is 16.0 Å². The normalized spacial score (nSPS) is 19.7. The zero-order chi connectivity index (χ0) is 23.1. The number of nitrogens with two attached hydrogens (primary N) is 1. The Morgan fingerprint density at radius 2 is 1.67 bits per heavy atom. The van der Waals surface area contributed by atoms with Gasteiger partial charge in [0.1, 0.15) is 5.75 Å². The molecular formula is C27H35N3O3. The van der Waals surface area contributed by atoms with Gasteiger partial charge in [-0.2, -0.15) is 0 Å². The van der Waals surface area contributed by atoms with E-state index in [9.17, 15) is 9.59 Å². The molecule has 33 heavy (non-hydrogen) atoms. The third-order valence-electron chi connectivity index (χ3n) is 7.24. The quantitative estimate of drug-likeness (QED) is 0.651. The second-order valence-electron chi connectivity index (χ2n) is 10.3. The van der Waals surface area contributed by atoms with Crippen molar-refractivity contribution in [3.63, 3.8) is 0 Å². The van der Waals surface area contributed by atoms with Crippen LogP contribution in [0.3, 0.4) is 0 Å². The standard InChI is InChI=1S/C27H35N3O3/c1-17(2)33-25-15-24(19-5-6-19)23(18-3-4-18)13-21(25)16-29-10-8-22(9-11-29)30-12-7-20(27(28)32)14-26(30)31/h7,12-15,17-19,22H,3-6,8-11,16H2,1-2H3,(H2,28,32). The molecule has 6 heteroatoms. The molecule has 2 N–H and O–H groups in total. The first-order valence-corrected chi connectivity index (χ1v) is 12.5. The number of ether oxygens (including phenoxy) is 1. The molecule has 1 saturated heterocycles. The van der Waals surface area contributed by atoms with E-state index in [4.69, 9.17) is 10.5 Å². The molecule has 176 valence electrons. The maximum Gasteiger partial charge on any atom is 0.251 e. The zero-order valence-electron chi connectivity index (χ0n) is 19.8. The third-order valence-corrected chi connectivity index (χ3v) is 7.24. The van der Waals surface area contributed by atoms with Gasteiger partial charge in [-0.3, -0.25) is 14.5 Å². The van der Waals surface area contributed by atoms with E-state index in [1.165, 1.54) is 42.9 Å². The van der Waals surface area contributed by atoms with Crippen molar-refractivity contribution in [2.75, 3.05) is 13.1 Å². The van der Waals surface area contributed by atoms with Crippen LogP contribution in [0, 0.1) is 0 Å². The van der Waals surface area contributed by atoms with Gasteiger partial charge in [-0.05, 0) is 87.5 Å². The Labute approximate surface area is 195 Å². The van der Waals surface area contributed by atoms with Gasteiger partial charge >= 0.3 is 0 Å². The summed E-state index contributed by atoms with van der Waals surface area (Å²) < 4.78 is 8.04. The lowest BCUT2D eigenvalue weighted by atomic mass is 9.95. The van der Waals surface area contributed by atoms with Crippen LogP contribution in [0.4, 0.5) is 0 Å². The maximum atomic E-state index is 12.5. The summed E-state index contributed by atoms with van der Waals surface area (Å²) in [7, 11) is 0. The summed E-state index contributed by atoms with van der Waals surface area (Å²) >= 11 is 0. The fourth-order valence-electron chi connectivity index (χ4n) is 5.18. The van der Waals surface area contributed by atoms with Crippen LogP contribution in [0.2, 0.25) is 0 Å². The van der Waals surface area contributed by atoms with Gasteiger partial charge in [0.2, 0.25) is 5.91 Å². The maximum absolute atomic E-state index is 12.5. The Bertz CT molecular complexity index is 1090. The Balaban J connectivity index is 1.30. The average molecular weight is 450 g/mol. The highest BCUT2D eigenvalue weighted by atomic mass is 16.5. The molecular weight excluding hydrogens is 414 g/mol. The van der Waals surface area contributed by atoms with Crippen molar-refractivity contribution >= 4 is 5.91 Å². The predicted octanol–water partition coefficient (Wildman–Crippen LogP) is 4.33. The van der Waals surface area contributed by atoms with Gasteiger partial charge < -0.3 is 15.0 Å². The molecule has 5 rings (SSSR count). The highest BCUT2D eigenvalue weighted by molar-refractivity contribution is 5.92. The number of hydrogen-bond acceptors (Lipinski definition) is 4. The van der Waals surface area contributed by atoms with Crippen LogP contribution in [0.5, 0.6) is 5.75 Å². The van der Waals surface area contributed by atoms with E-state index < -0.39 is 5.91 Å². The Morgan fingerprint density at radius 1 is 1.03 bits per heavy atom. The summed E-state index contributed by atoms with van der Waals surface area (Å²) in [6, 6.07) is 7.95. The van der Waals surface area contributed by atoms with Gasteiger partial charge in [0.25, 0.3) is 5.56 Å². The second kappa shape index (κ2) is 8.98. The van der Waals surface area contributed by atoms with E-state index in [-0.39, 0.29) is 23.3 Å². The number of pyridine rings is 1. The average Bonchev–Trinajstić information content (AvgIpc) is 3.68. The molecule has 2 heterocycles. The molecule has 1 aliphatic heterocycles. The largest absolute Gasteiger partial charge is 0.491 e. The SMILES string of the molecule is CC(C)Oc1cc(C2CC2)c(C2CC2)cc1CN1CCC(n2ccc(C(N)=O)cc2=O)CC1. The number of rotatable bonds is 8. The van der Waals surface area contributed by atoms with Crippen molar-refractivity contribution in [3.8, 4) is 5.75 Å². The van der Waals surface area contributed by atoms with Crippen molar-refractivity contribution in [2.45, 2.75) is 82.9 Å². The van der Waals surface area contributed by atoms with Gasteiger partial charge in [0.05, 0.1) is 6.10 Å². The minimum absolute atomic E-state index is 0.151. The summed E-state index contributed by atoms with van der Waals surface area (Å²) in [6.07, 6.45) is 8.95. The van der Waals surface area contributed by atoms with Crippen LogP contribution >= 0.6 is 0 Å². The number of carbonyl (C=O) groups excluding carboxylic acids is 1. The van der Waals surface area contributed by atoms with Crippen LogP contribution in [0.15, 0.2) is 35.3 Å². The molecule has 3 fully saturated rings. The van der Waals surface area contributed by atoms with Crippen molar-refractivity contribution in [3.05, 3.63) is 63.1 Å². The molecule has 1 aromatic heterocycles. The molecule has 1 aromatic carbocycles. The first-order valence-electron chi connectivity index (χ1n) is 12.5. The minimum atomic E-state index is -0.563. The molecule has 3 aliphatic rings. The molecule has 2 aliphatic carbocycles. The van der Waals surface area contributed by atoms with Crippen molar-refractivity contribution in [2.24, 2.45) is 5.73 Å². The Morgan fingerprint density at radius 3 is 2.21 bits per heavy atom. The van der Waals surface area contributed by atoms with Gasteiger partial charge in [-0.15, -0.1) is 0 Å². The highest BCUT2D eigenvalue weighted by Gasteiger charge is 2.34. The Hall–Kier alpha value is -2.60. The Kier molecular flexibility index (Phi) is 6.04. The van der Waals surface area contributed by atoms with Crippen LogP contribution in [-0.2, 0) is 6.54 Å². The van der Waals surface area contributed by atoms with Crippen LogP contribution in [-0.4, -0.2) is 34.6 Å². The van der Waals surface area contributed by atoms with Crippen molar-refractivity contribution in [1.29, 1.82) is 0 Å². The number of piperidine rings is 1. The lowest BCUT2D eigenvalue weighted by Gasteiger charge is -2.33. The number of benzene rings is 1. The summed E-state index contributed by atoms with van der Waals surface area (Å²) in [4.78, 5) is 26.3. The molecule has 0 unspecified atom stereocenters. The number of aromatic nitrogens is 1. The fourth-order valence-corrected chi connectivity index (χ4v) is 5.18. The molecule has 2 saturated carbocycles. The van der Waals surface area contributed by atoms with E-state index in [0.29, 0.717) is 0 Å².